The fourth-order valence-electron chi connectivity index (χ4n) is 2.39. The fraction of sp³-hybridized carbons (Fsp3) is 0.471. The summed E-state index contributed by atoms with van der Waals surface area (Å²) >= 11 is 0. The summed E-state index contributed by atoms with van der Waals surface area (Å²) in [6.45, 7) is 9.11. The van der Waals surface area contributed by atoms with Gasteiger partial charge < -0.3 is 4.74 Å². The molecule has 0 saturated heterocycles. The molecule has 108 valence electrons. The van der Waals surface area contributed by atoms with E-state index in [1.807, 2.05) is 0 Å². The zero-order valence-corrected chi connectivity index (χ0v) is 12.9. The van der Waals surface area contributed by atoms with Gasteiger partial charge >= 0.3 is 0 Å². The molecule has 0 aliphatic rings. The van der Waals surface area contributed by atoms with Crippen molar-refractivity contribution in [3.63, 3.8) is 0 Å². The number of ether oxygens (including phenoxy) is 1. The summed E-state index contributed by atoms with van der Waals surface area (Å²) in [5.74, 6) is 1.01. The Bertz CT molecular complexity index is 553. The highest BCUT2D eigenvalue weighted by molar-refractivity contribution is 5.35. The topological polar surface area (TPSA) is 37.9 Å². The van der Waals surface area contributed by atoms with Gasteiger partial charge in [0.15, 0.2) is 0 Å². The highest BCUT2D eigenvalue weighted by atomic mass is 16.5. The lowest BCUT2D eigenvalue weighted by Gasteiger charge is -2.10. The van der Waals surface area contributed by atoms with E-state index in [2.05, 4.69) is 56.1 Å². The van der Waals surface area contributed by atoms with Crippen LogP contribution in [0.15, 0.2) is 18.2 Å². The van der Waals surface area contributed by atoms with Gasteiger partial charge in [-0.1, -0.05) is 12.1 Å². The van der Waals surface area contributed by atoms with Crippen LogP contribution in [0.4, 0.5) is 0 Å². The molecule has 2 aromatic rings. The summed E-state index contributed by atoms with van der Waals surface area (Å²) < 4.78 is 5.87. The van der Waals surface area contributed by atoms with Crippen LogP contribution in [0.2, 0.25) is 0 Å². The maximum atomic E-state index is 5.87. The summed E-state index contributed by atoms with van der Waals surface area (Å²) in [5, 5.41) is 7.26. The number of aromatic amines is 1. The van der Waals surface area contributed by atoms with Crippen LogP contribution in [0.3, 0.4) is 0 Å². The molecule has 1 aromatic heterocycles. The largest absolute Gasteiger partial charge is 0.493 e. The molecule has 3 nitrogen and oxygen atoms in total. The third-order valence-electron chi connectivity index (χ3n) is 3.70. The Labute approximate surface area is 121 Å². The molecule has 0 bridgehead atoms. The van der Waals surface area contributed by atoms with Crippen molar-refractivity contribution in [2.24, 2.45) is 0 Å². The summed E-state index contributed by atoms with van der Waals surface area (Å²) in [6, 6.07) is 6.34. The predicted molar refractivity (Wildman–Crippen MR) is 82.4 cm³/mol. The molecule has 0 radical (unpaired) electrons. The molecule has 3 heteroatoms. The van der Waals surface area contributed by atoms with Crippen LogP contribution in [-0.4, -0.2) is 16.8 Å². The monoisotopic (exact) mass is 272 g/mol. The standard InChI is InChI=1S/C17H24N2O/c1-12-8-9-13(2)17(11-12)20-10-6-5-7-16-14(3)18-19-15(16)4/h8-9,11H,5-7,10H2,1-4H3,(H,18,19). The van der Waals surface area contributed by atoms with Crippen molar-refractivity contribution in [3.05, 3.63) is 46.3 Å². The number of aryl methyl sites for hydroxylation is 4. The summed E-state index contributed by atoms with van der Waals surface area (Å²) in [4.78, 5) is 0. The maximum Gasteiger partial charge on any atom is 0.122 e. The van der Waals surface area contributed by atoms with E-state index in [0.717, 1.165) is 37.3 Å². The van der Waals surface area contributed by atoms with Crippen molar-refractivity contribution in [1.82, 2.24) is 10.2 Å². The zero-order valence-electron chi connectivity index (χ0n) is 12.9. The molecule has 1 heterocycles. The van der Waals surface area contributed by atoms with Crippen LogP contribution >= 0.6 is 0 Å². The Hall–Kier alpha value is -1.77. The van der Waals surface area contributed by atoms with Crippen molar-refractivity contribution < 1.29 is 4.74 Å². The lowest BCUT2D eigenvalue weighted by molar-refractivity contribution is 0.305. The second-order valence-corrected chi connectivity index (χ2v) is 5.49. The van der Waals surface area contributed by atoms with Gasteiger partial charge in [0.1, 0.15) is 5.75 Å². The van der Waals surface area contributed by atoms with E-state index in [1.165, 1.54) is 22.4 Å². The molecule has 0 fully saturated rings. The first-order valence-electron chi connectivity index (χ1n) is 7.28. The number of rotatable bonds is 6. The molecule has 20 heavy (non-hydrogen) atoms. The third-order valence-corrected chi connectivity index (χ3v) is 3.70. The molecular formula is C17H24N2O. The van der Waals surface area contributed by atoms with Crippen LogP contribution < -0.4 is 4.74 Å². The Morgan fingerprint density at radius 3 is 2.60 bits per heavy atom. The lowest BCUT2D eigenvalue weighted by atomic mass is 10.1. The van der Waals surface area contributed by atoms with E-state index in [0.29, 0.717) is 0 Å². The zero-order chi connectivity index (χ0) is 14.5. The minimum Gasteiger partial charge on any atom is -0.493 e. The number of unbranched alkanes of at least 4 members (excludes halogenated alkanes) is 1. The second kappa shape index (κ2) is 6.60. The van der Waals surface area contributed by atoms with E-state index >= 15 is 0 Å². The van der Waals surface area contributed by atoms with Crippen molar-refractivity contribution in [2.45, 2.75) is 47.0 Å². The number of aromatic nitrogens is 2. The first-order chi connectivity index (χ1) is 9.58. The van der Waals surface area contributed by atoms with E-state index < -0.39 is 0 Å². The van der Waals surface area contributed by atoms with Crippen molar-refractivity contribution in [1.29, 1.82) is 0 Å². The summed E-state index contributed by atoms with van der Waals surface area (Å²) in [5.41, 5.74) is 6.13. The van der Waals surface area contributed by atoms with Gasteiger partial charge in [0.2, 0.25) is 0 Å². The Morgan fingerprint density at radius 2 is 1.90 bits per heavy atom. The average Bonchev–Trinajstić information content (AvgIpc) is 2.73. The first-order valence-corrected chi connectivity index (χ1v) is 7.28. The highest BCUT2D eigenvalue weighted by Gasteiger charge is 2.05. The molecule has 0 amide bonds. The van der Waals surface area contributed by atoms with Gasteiger partial charge in [0.05, 0.1) is 12.3 Å². The number of H-pyrrole nitrogens is 1. The lowest BCUT2D eigenvalue weighted by Crippen LogP contribution is -2.00. The number of hydrogen-bond acceptors (Lipinski definition) is 2. The Balaban J connectivity index is 1.76. The van der Waals surface area contributed by atoms with Gasteiger partial charge in [-0.3, -0.25) is 5.10 Å². The van der Waals surface area contributed by atoms with Gasteiger partial charge in [0.25, 0.3) is 0 Å². The normalized spacial score (nSPS) is 10.8. The summed E-state index contributed by atoms with van der Waals surface area (Å²) in [7, 11) is 0. The molecule has 0 aliphatic carbocycles. The molecule has 0 aliphatic heterocycles. The van der Waals surface area contributed by atoms with Crippen LogP contribution in [0.1, 0.15) is 40.9 Å². The van der Waals surface area contributed by atoms with Crippen molar-refractivity contribution in [2.75, 3.05) is 6.61 Å². The number of nitrogens with one attached hydrogen (secondary N) is 1. The number of benzene rings is 1. The Kier molecular flexibility index (Phi) is 4.83. The van der Waals surface area contributed by atoms with E-state index in [-0.39, 0.29) is 0 Å². The molecule has 1 N–H and O–H groups in total. The van der Waals surface area contributed by atoms with Crippen LogP contribution in [0.25, 0.3) is 0 Å². The van der Waals surface area contributed by atoms with Crippen molar-refractivity contribution >= 4 is 0 Å². The minimum absolute atomic E-state index is 0.778. The van der Waals surface area contributed by atoms with Gasteiger partial charge in [-0.2, -0.15) is 5.10 Å². The van der Waals surface area contributed by atoms with Crippen LogP contribution in [0.5, 0.6) is 5.75 Å². The quantitative estimate of drug-likeness (QED) is 0.806. The van der Waals surface area contributed by atoms with Gasteiger partial charge in [0, 0.05) is 5.69 Å². The maximum absolute atomic E-state index is 5.87. The van der Waals surface area contributed by atoms with Crippen molar-refractivity contribution in [3.8, 4) is 5.75 Å². The predicted octanol–water partition coefficient (Wildman–Crippen LogP) is 4.05. The summed E-state index contributed by atoms with van der Waals surface area (Å²) in [6.07, 6.45) is 3.27. The number of nitrogens with zero attached hydrogens (tertiary/aromatic N) is 1. The molecular weight excluding hydrogens is 248 g/mol. The smallest absolute Gasteiger partial charge is 0.122 e. The van der Waals surface area contributed by atoms with Gasteiger partial charge in [-0.15, -0.1) is 0 Å². The second-order valence-electron chi connectivity index (χ2n) is 5.49. The Morgan fingerprint density at radius 1 is 1.10 bits per heavy atom. The molecule has 0 atom stereocenters. The van der Waals surface area contributed by atoms with E-state index in [4.69, 9.17) is 4.74 Å². The third kappa shape index (κ3) is 3.62. The number of hydrogen-bond donors (Lipinski definition) is 1. The van der Waals surface area contributed by atoms with E-state index in [1.54, 1.807) is 0 Å². The molecule has 0 unspecified atom stereocenters. The van der Waals surface area contributed by atoms with Gasteiger partial charge in [-0.25, -0.2) is 0 Å². The van der Waals surface area contributed by atoms with Crippen LogP contribution in [-0.2, 0) is 6.42 Å². The molecule has 0 spiro atoms. The minimum atomic E-state index is 0.778. The highest BCUT2D eigenvalue weighted by Crippen LogP contribution is 2.19. The first kappa shape index (κ1) is 14.6. The fourth-order valence-corrected chi connectivity index (χ4v) is 2.39. The SMILES string of the molecule is Cc1ccc(C)c(OCCCCc2c(C)n[nH]c2C)c1. The average molecular weight is 272 g/mol. The van der Waals surface area contributed by atoms with Crippen LogP contribution in [0, 0.1) is 27.7 Å². The van der Waals surface area contributed by atoms with Gasteiger partial charge in [-0.05, 0) is 69.7 Å². The molecule has 2 rings (SSSR count). The molecule has 1 aromatic carbocycles. The molecule has 0 saturated carbocycles. The van der Waals surface area contributed by atoms with E-state index in [9.17, 15) is 0 Å².